The Kier molecular flexibility index (Phi) is 7.64. The van der Waals surface area contributed by atoms with Gasteiger partial charge in [-0.1, -0.05) is 40.2 Å². The third kappa shape index (κ3) is 6.17. The number of esters is 1. The van der Waals surface area contributed by atoms with Gasteiger partial charge in [-0.15, -0.1) is 0 Å². The van der Waals surface area contributed by atoms with Gasteiger partial charge in [0.05, 0.1) is 21.1 Å². The van der Waals surface area contributed by atoms with Gasteiger partial charge in [0, 0.05) is 21.8 Å². The molecular formula is C22H18BrN3O7S. The summed E-state index contributed by atoms with van der Waals surface area (Å²) in [6.07, 6.45) is 0. The average Bonchev–Trinajstić information content (AvgIpc) is 2.77. The molecule has 0 aromatic heterocycles. The Balaban J connectivity index is 1.74. The summed E-state index contributed by atoms with van der Waals surface area (Å²) in [4.78, 5) is 34.8. The average molecular weight is 548 g/mol. The van der Waals surface area contributed by atoms with Crippen LogP contribution in [0.4, 0.5) is 17.1 Å². The van der Waals surface area contributed by atoms with Crippen LogP contribution in [0.15, 0.2) is 76.1 Å². The van der Waals surface area contributed by atoms with Crippen LogP contribution in [-0.2, 0) is 19.6 Å². The molecule has 10 nitrogen and oxygen atoms in total. The highest BCUT2D eigenvalue weighted by Crippen LogP contribution is 2.25. The molecule has 0 fully saturated rings. The van der Waals surface area contributed by atoms with E-state index in [4.69, 9.17) is 4.74 Å². The first kappa shape index (κ1) is 24.9. The molecule has 3 aromatic carbocycles. The van der Waals surface area contributed by atoms with Gasteiger partial charge in [-0.25, -0.2) is 13.2 Å². The van der Waals surface area contributed by atoms with Gasteiger partial charge in [-0.2, -0.15) is 0 Å². The van der Waals surface area contributed by atoms with E-state index in [0.717, 1.165) is 10.5 Å². The van der Waals surface area contributed by atoms with Gasteiger partial charge < -0.3 is 10.1 Å². The zero-order valence-corrected chi connectivity index (χ0v) is 20.1. The molecule has 0 radical (unpaired) electrons. The Morgan fingerprint density at radius 3 is 2.50 bits per heavy atom. The molecular weight excluding hydrogens is 530 g/mol. The van der Waals surface area contributed by atoms with E-state index in [1.54, 1.807) is 24.3 Å². The Hall–Kier alpha value is -3.77. The summed E-state index contributed by atoms with van der Waals surface area (Å²) in [5.41, 5.74) is 0.197. The quantitative estimate of drug-likeness (QED) is 0.243. The lowest BCUT2D eigenvalue weighted by Gasteiger charge is -2.13. The normalized spacial score (nSPS) is 10.9. The number of amides is 1. The number of aryl methyl sites for hydroxylation is 1. The Labute approximate surface area is 203 Å². The van der Waals surface area contributed by atoms with Crippen LogP contribution in [0.2, 0.25) is 0 Å². The number of sulfonamides is 1. The topological polar surface area (TPSA) is 145 Å². The second kappa shape index (κ2) is 10.4. The van der Waals surface area contributed by atoms with Crippen LogP contribution in [0, 0.1) is 17.0 Å². The molecule has 34 heavy (non-hydrogen) atoms. The van der Waals surface area contributed by atoms with Gasteiger partial charge in [-0.3, -0.25) is 19.6 Å². The summed E-state index contributed by atoms with van der Waals surface area (Å²) in [6, 6.07) is 15.9. The molecule has 3 rings (SSSR count). The third-order valence-corrected chi connectivity index (χ3v) is 6.38. The molecule has 0 unspecified atom stereocenters. The fraction of sp³-hybridized carbons (Fsp3) is 0.0909. The van der Waals surface area contributed by atoms with Crippen LogP contribution >= 0.6 is 15.9 Å². The van der Waals surface area contributed by atoms with E-state index in [2.05, 4.69) is 26.0 Å². The number of nitrogens with zero attached hydrogens (tertiary/aromatic N) is 1. The molecule has 0 atom stereocenters. The number of hydrogen-bond donors (Lipinski definition) is 2. The zero-order valence-electron chi connectivity index (χ0n) is 17.6. The van der Waals surface area contributed by atoms with Gasteiger partial charge in [0.25, 0.3) is 21.6 Å². The first-order valence-corrected chi connectivity index (χ1v) is 11.9. The zero-order chi connectivity index (χ0) is 24.9. The van der Waals surface area contributed by atoms with Gasteiger partial charge >= 0.3 is 5.97 Å². The monoisotopic (exact) mass is 547 g/mol. The number of nitro groups is 1. The number of anilines is 2. The van der Waals surface area contributed by atoms with Crippen LogP contribution < -0.4 is 10.0 Å². The number of hydrogen-bond acceptors (Lipinski definition) is 7. The van der Waals surface area contributed by atoms with E-state index >= 15 is 0 Å². The highest BCUT2D eigenvalue weighted by Gasteiger charge is 2.23. The number of para-hydroxylation sites is 1. The van der Waals surface area contributed by atoms with E-state index in [0.29, 0.717) is 11.3 Å². The van der Waals surface area contributed by atoms with Crippen LogP contribution in [-0.4, -0.2) is 31.8 Å². The maximum absolute atomic E-state index is 12.8. The fourth-order valence-corrected chi connectivity index (χ4v) is 4.38. The van der Waals surface area contributed by atoms with Gasteiger partial charge in [-0.05, 0) is 43.3 Å². The first-order chi connectivity index (χ1) is 16.1. The minimum Gasteiger partial charge on any atom is -0.452 e. The standard InChI is InChI=1S/C22H18BrN3O7S/c1-14-9-10-17(12-20(14)26(29)30)34(31,32)25-19-8-3-2-7-18(19)22(28)33-13-21(27)24-16-6-4-5-15(23)11-16/h2-12,25H,13H2,1H3,(H,24,27). The summed E-state index contributed by atoms with van der Waals surface area (Å²) in [5, 5.41) is 13.7. The molecule has 3 aromatic rings. The molecule has 0 aliphatic heterocycles. The van der Waals surface area contributed by atoms with E-state index in [-0.39, 0.29) is 21.8 Å². The number of benzene rings is 3. The van der Waals surface area contributed by atoms with E-state index < -0.39 is 33.4 Å². The van der Waals surface area contributed by atoms with Gasteiger partial charge in [0.2, 0.25) is 0 Å². The van der Waals surface area contributed by atoms with Crippen molar-refractivity contribution in [2.45, 2.75) is 11.8 Å². The SMILES string of the molecule is Cc1ccc(S(=O)(=O)Nc2ccccc2C(=O)OCC(=O)Nc2cccc(Br)c2)cc1[N+](=O)[O-]. The number of nitro benzene ring substituents is 1. The summed E-state index contributed by atoms with van der Waals surface area (Å²) in [5.74, 6) is -1.52. The van der Waals surface area contributed by atoms with Gasteiger partial charge in [0.1, 0.15) is 0 Å². The van der Waals surface area contributed by atoms with Crippen molar-refractivity contribution >= 4 is 54.9 Å². The molecule has 176 valence electrons. The number of halogens is 1. The molecule has 12 heteroatoms. The lowest BCUT2D eigenvalue weighted by molar-refractivity contribution is -0.385. The second-order valence-electron chi connectivity index (χ2n) is 6.99. The highest BCUT2D eigenvalue weighted by molar-refractivity contribution is 9.10. The largest absolute Gasteiger partial charge is 0.452 e. The molecule has 0 aliphatic rings. The van der Waals surface area contributed by atoms with Crippen LogP contribution in [0.25, 0.3) is 0 Å². The van der Waals surface area contributed by atoms with Crippen molar-refractivity contribution in [2.75, 3.05) is 16.6 Å². The fourth-order valence-electron chi connectivity index (χ4n) is 2.88. The van der Waals surface area contributed by atoms with Crippen LogP contribution in [0.3, 0.4) is 0 Å². The first-order valence-electron chi connectivity index (χ1n) is 9.66. The minimum absolute atomic E-state index is 0.108. The summed E-state index contributed by atoms with van der Waals surface area (Å²) >= 11 is 3.28. The third-order valence-electron chi connectivity index (χ3n) is 4.52. The Bertz CT molecular complexity index is 1380. The van der Waals surface area contributed by atoms with E-state index in [9.17, 15) is 28.1 Å². The maximum Gasteiger partial charge on any atom is 0.340 e. The predicted molar refractivity (Wildman–Crippen MR) is 128 cm³/mol. The van der Waals surface area contributed by atoms with Crippen molar-refractivity contribution in [3.63, 3.8) is 0 Å². The lowest BCUT2D eigenvalue weighted by Crippen LogP contribution is -2.22. The van der Waals surface area contributed by atoms with Crippen molar-refractivity contribution in [1.82, 2.24) is 0 Å². The van der Waals surface area contributed by atoms with Crippen molar-refractivity contribution in [3.05, 3.63) is 92.4 Å². The highest BCUT2D eigenvalue weighted by atomic mass is 79.9. The molecule has 1 amide bonds. The van der Waals surface area contributed by atoms with Crippen molar-refractivity contribution in [2.24, 2.45) is 0 Å². The molecule has 2 N–H and O–H groups in total. The molecule has 0 heterocycles. The Morgan fingerprint density at radius 2 is 1.79 bits per heavy atom. The van der Waals surface area contributed by atoms with Crippen molar-refractivity contribution in [1.29, 1.82) is 0 Å². The van der Waals surface area contributed by atoms with Crippen molar-refractivity contribution < 1.29 is 27.7 Å². The predicted octanol–water partition coefficient (Wildman–Crippen LogP) is 4.26. The summed E-state index contributed by atoms with van der Waals surface area (Å²) in [6.45, 7) is 0.886. The maximum atomic E-state index is 12.8. The molecule has 0 bridgehead atoms. The lowest BCUT2D eigenvalue weighted by atomic mass is 10.2. The molecule has 0 spiro atoms. The second-order valence-corrected chi connectivity index (χ2v) is 9.59. The molecule has 0 saturated heterocycles. The minimum atomic E-state index is -4.26. The molecule has 0 saturated carbocycles. The van der Waals surface area contributed by atoms with Gasteiger partial charge in [0.15, 0.2) is 6.61 Å². The number of carbonyl (C=O) groups excluding carboxylic acids is 2. The summed E-state index contributed by atoms with van der Waals surface area (Å²) in [7, 11) is -4.26. The number of nitrogens with one attached hydrogen (secondary N) is 2. The number of ether oxygens (including phenoxy) is 1. The van der Waals surface area contributed by atoms with E-state index in [1.165, 1.54) is 43.3 Å². The number of rotatable bonds is 8. The van der Waals surface area contributed by atoms with E-state index in [1.807, 2.05) is 0 Å². The van der Waals surface area contributed by atoms with Crippen molar-refractivity contribution in [3.8, 4) is 0 Å². The van der Waals surface area contributed by atoms with Crippen LogP contribution in [0.1, 0.15) is 15.9 Å². The van der Waals surface area contributed by atoms with Crippen LogP contribution in [0.5, 0.6) is 0 Å². The summed E-state index contributed by atoms with van der Waals surface area (Å²) < 4.78 is 33.6. The Morgan fingerprint density at radius 1 is 1.06 bits per heavy atom. The smallest absolute Gasteiger partial charge is 0.340 e. The molecule has 0 aliphatic carbocycles. The number of carbonyl (C=O) groups is 2.